The number of anilines is 1. The van der Waals surface area contributed by atoms with E-state index in [1.54, 1.807) is 18.2 Å². The lowest BCUT2D eigenvalue weighted by Gasteiger charge is -2.33. The van der Waals surface area contributed by atoms with Gasteiger partial charge in [-0.15, -0.1) is 0 Å². The van der Waals surface area contributed by atoms with Crippen molar-refractivity contribution >= 4 is 29.4 Å². The van der Waals surface area contributed by atoms with Crippen molar-refractivity contribution in [1.29, 1.82) is 0 Å². The van der Waals surface area contributed by atoms with Gasteiger partial charge in [0.25, 0.3) is 5.91 Å². The summed E-state index contributed by atoms with van der Waals surface area (Å²) in [6, 6.07) is 8.40. The molecule has 0 saturated carbocycles. The van der Waals surface area contributed by atoms with E-state index in [0.717, 1.165) is 10.6 Å². The minimum absolute atomic E-state index is 0.136. The first-order valence-electron chi connectivity index (χ1n) is 8.89. The summed E-state index contributed by atoms with van der Waals surface area (Å²) in [7, 11) is 1.50. The number of rotatable bonds is 6. The highest BCUT2D eigenvalue weighted by molar-refractivity contribution is 6.19. The van der Waals surface area contributed by atoms with Gasteiger partial charge in [0.2, 0.25) is 0 Å². The number of nitrogens with zero attached hydrogens (tertiary/aromatic N) is 3. The van der Waals surface area contributed by atoms with Crippen molar-refractivity contribution in [2.45, 2.75) is 12.5 Å². The minimum atomic E-state index is -1.38. The predicted octanol–water partition coefficient (Wildman–Crippen LogP) is 1.39. The standard InChI is InChI=1S/C20H20N4O5/c1-22-12-8-16(25)18(19(22)28)24(20(29)21-9-7-17(26)27)15-6-4-5-14(13-15)23-10-2-3-11-23/h2-6,8,10-13,18H,7,9H2,1H3,(H,21,29)(H,26,27). The number of carboxylic acid groups (broad SMARTS) is 1. The van der Waals surface area contributed by atoms with E-state index in [9.17, 15) is 19.2 Å². The fourth-order valence-corrected chi connectivity index (χ4v) is 2.96. The van der Waals surface area contributed by atoms with Crippen LogP contribution in [-0.4, -0.2) is 57.9 Å². The summed E-state index contributed by atoms with van der Waals surface area (Å²) >= 11 is 0. The molecule has 0 fully saturated rings. The molecular weight excluding hydrogens is 376 g/mol. The van der Waals surface area contributed by atoms with Crippen molar-refractivity contribution in [2.75, 3.05) is 18.5 Å². The molecule has 1 aliphatic rings. The Morgan fingerprint density at radius 2 is 1.90 bits per heavy atom. The Labute approximate surface area is 166 Å². The number of likely N-dealkylation sites (N-methyl/N-ethyl adjacent to an activating group) is 1. The minimum Gasteiger partial charge on any atom is -0.481 e. The Morgan fingerprint density at radius 3 is 2.59 bits per heavy atom. The lowest BCUT2D eigenvalue weighted by Crippen LogP contribution is -2.57. The topological polar surface area (TPSA) is 112 Å². The largest absolute Gasteiger partial charge is 0.481 e. The van der Waals surface area contributed by atoms with Crippen LogP contribution in [0.15, 0.2) is 61.1 Å². The first-order valence-corrected chi connectivity index (χ1v) is 8.89. The van der Waals surface area contributed by atoms with Crippen LogP contribution in [0, 0.1) is 0 Å². The molecule has 1 aromatic heterocycles. The highest BCUT2D eigenvalue weighted by atomic mass is 16.4. The van der Waals surface area contributed by atoms with Gasteiger partial charge >= 0.3 is 12.0 Å². The molecule has 29 heavy (non-hydrogen) atoms. The van der Waals surface area contributed by atoms with Gasteiger partial charge in [-0.2, -0.15) is 0 Å². The maximum atomic E-state index is 12.9. The van der Waals surface area contributed by atoms with Gasteiger partial charge in [0, 0.05) is 49.6 Å². The Bertz CT molecular complexity index is 967. The highest BCUT2D eigenvalue weighted by Crippen LogP contribution is 2.24. The average Bonchev–Trinajstić information content (AvgIpc) is 3.23. The number of aromatic nitrogens is 1. The fraction of sp³-hybridized carbons (Fsp3) is 0.200. The molecule has 1 atom stereocenters. The van der Waals surface area contributed by atoms with E-state index in [2.05, 4.69) is 5.32 Å². The third-order valence-corrected chi connectivity index (χ3v) is 4.42. The van der Waals surface area contributed by atoms with Crippen molar-refractivity contribution in [3.63, 3.8) is 0 Å². The van der Waals surface area contributed by atoms with Crippen molar-refractivity contribution in [3.05, 3.63) is 61.1 Å². The average molecular weight is 396 g/mol. The second-order valence-corrected chi connectivity index (χ2v) is 6.43. The predicted molar refractivity (Wildman–Crippen MR) is 105 cm³/mol. The van der Waals surface area contributed by atoms with E-state index >= 15 is 0 Å². The third kappa shape index (κ3) is 4.34. The molecule has 0 aliphatic carbocycles. The van der Waals surface area contributed by atoms with Gasteiger partial charge in [0.15, 0.2) is 11.8 Å². The molecule has 0 saturated heterocycles. The maximum absolute atomic E-state index is 12.9. The van der Waals surface area contributed by atoms with Crippen molar-refractivity contribution in [3.8, 4) is 5.69 Å². The van der Waals surface area contributed by atoms with Crippen LogP contribution in [0.1, 0.15) is 6.42 Å². The van der Waals surface area contributed by atoms with Crippen LogP contribution >= 0.6 is 0 Å². The van der Waals surface area contributed by atoms with E-state index in [-0.39, 0.29) is 13.0 Å². The smallest absolute Gasteiger partial charge is 0.323 e. The summed E-state index contributed by atoms with van der Waals surface area (Å²) in [5, 5.41) is 11.3. The van der Waals surface area contributed by atoms with Crippen LogP contribution in [0.3, 0.4) is 0 Å². The monoisotopic (exact) mass is 396 g/mol. The molecule has 1 aliphatic heterocycles. The van der Waals surface area contributed by atoms with Gasteiger partial charge < -0.3 is 19.9 Å². The van der Waals surface area contributed by atoms with Gasteiger partial charge in [0.1, 0.15) is 0 Å². The number of urea groups is 1. The fourth-order valence-electron chi connectivity index (χ4n) is 2.96. The number of carbonyl (C=O) groups excluding carboxylic acids is 3. The number of carboxylic acids is 1. The number of hydrogen-bond acceptors (Lipinski definition) is 4. The van der Waals surface area contributed by atoms with E-state index in [0.29, 0.717) is 5.69 Å². The quantitative estimate of drug-likeness (QED) is 0.717. The zero-order chi connectivity index (χ0) is 21.0. The molecule has 2 aromatic rings. The summed E-state index contributed by atoms with van der Waals surface area (Å²) in [4.78, 5) is 51.1. The molecule has 2 N–H and O–H groups in total. The number of nitrogens with one attached hydrogen (secondary N) is 1. The van der Waals surface area contributed by atoms with Crippen molar-refractivity contribution in [1.82, 2.24) is 14.8 Å². The Morgan fingerprint density at radius 1 is 1.17 bits per heavy atom. The summed E-state index contributed by atoms with van der Waals surface area (Å²) in [6.07, 6.45) is 5.94. The molecule has 3 amide bonds. The summed E-state index contributed by atoms with van der Waals surface area (Å²) in [5.41, 5.74) is 1.06. The molecule has 3 rings (SSSR count). The maximum Gasteiger partial charge on any atom is 0.323 e. The summed E-state index contributed by atoms with van der Waals surface area (Å²) in [5.74, 6) is -2.16. The van der Waals surface area contributed by atoms with Crippen molar-refractivity contribution in [2.24, 2.45) is 0 Å². The van der Waals surface area contributed by atoms with Gasteiger partial charge in [-0.25, -0.2) is 4.79 Å². The number of amides is 3. The number of ketones is 1. The summed E-state index contributed by atoms with van der Waals surface area (Å²) in [6.45, 7) is -0.136. The zero-order valence-corrected chi connectivity index (χ0v) is 15.7. The van der Waals surface area contributed by atoms with E-state index in [1.165, 1.54) is 24.2 Å². The molecule has 0 bridgehead atoms. The molecule has 9 heteroatoms. The van der Waals surface area contributed by atoms with Gasteiger partial charge in [-0.05, 0) is 30.3 Å². The van der Waals surface area contributed by atoms with Crippen LogP contribution in [0.25, 0.3) is 5.69 Å². The Kier molecular flexibility index (Phi) is 5.77. The molecule has 1 aromatic carbocycles. The highest BCUT2D eigenvalue weighted by Gasteiger charge is 2.39. The SMILES string of the molecule is CN1C=CC(=O)C(N(C(=O)NCCC(=O)O)c2cccc(-n3cccc3)c2)C1=O. The molecule has 1 unspecified atom stereocenters. The van der Waals surface area contributed by atoms with E-state index in [1.807, 2.05) is 35.2 Å². The normalized spacial score (nSPS) is 16.0. The summed E-state index contributed by atoms with van der Waals surface area (Å²) < 4.78 is 1.82. The lowest BCUT2D eigenvalue weighted by molar-refractivity contribution is -0.137. The van der Waals surface area contributed by atoms with Crippen LogP contribution in [0.4, 0.5) is 10.5 Å². The molecule has 9 nitrogen and oxygen atoms in total. The van der Waals surface area contributed by atoms with Crippen LogP contribution < -0.4 is 10.2 Å². The Balaban J connectivity index is 1.99. The number of carbonyl (C=O) groups is 4. The number of benzene rings is 1. The van der Waals surface area contributed by atoms with Crippen LogP contribution in [0.5, 0.6) is 0 Å². The van der Waals surface area contributed by atoms with Crippen molar-refractivity contribution < 1.29 is 24.3 Å². The zero-order valence-electron chi connectivity index (χ0n) is 15.7. The van der Waals surface area contributed by atoms with E-state index < -0.39 is 29.7 Å². The Hall–Kier alpha value is -3.88. The van der Waals surface area contributed by atoms with E-state index in [4.69, 9.17) is 5.11 Å². The van der Waals surface area contributed by atoms with Gasteiger partial charge in [0.05, 0.1) is 6.42 Å². The first kappa shape index (κ1) is 19.9. The molecule has 2 heterocycles. The molecular formula is C20H20N4O5. The molecule has 0 radical (unpaired) electrons. The van der Waals surface area contributed by atoms with Crippen LogP contribution in [-0.2, 0) is 14.4 Å². The second-order valence-electron chi connectivity index (χ2n) is 6.43. The number of hydrogen-bond donors (Lipinski definition) is 2. The molecule has 0 spiro atoms. The molecule has 150 valence electrons. The second kappa shape index (κ2) is 8.42. The van der Waals surface area contributed by atoms with Gasteiger partial charge in [-0.3, -0.25) is 19.3 Å². The lowest BCUT2D eigenvalue weighted by atomic mass is 10.1. The number of aliphatic carboxylic acids is 1. The first-order chi connectivity index (χ1) is 13.9. The third-order valence-electron chi connectivity index (χ3n) is 4.42. The van der Waals surface area contributed by atoms with Gasteiger partial charge in [-0.1, -0.05) is 6.07 Å². The van der Waals surface area contributed by atoms with Crippen LogP contribution in [0.2, 0.25) is 0 Å².